The van der Waals surface area contributed by atoms with E-state index < -0.39 is 0 Å². The number of aromatic nitrogens is 3. The molecule has 7 heteroatoms. The van der Waals surface area contributed by atoms with Gasteiger partial charge in [0.1, 0.15) is 12.2 Å². The summed E-state index contributed by atoms with van der Waals surface area (Å²) in [7, 11) is 3.83. The van der Waals surface area contributed by atoms with Gasteiger partial charge in [-0.1, -0.05) is 0 Å². The van der Waals surface area contributed by atoms with E-state index >= 15 is 0 Å². The number of carbonyl (C=O) groups is 1. The molecular formula is C17H29N5O2. The van der Waals surface area contributed by atoms with Gasteiger partial charge in [0.05, 0.1) is 13.2 Å². The third-order valence-corrected chi connectivity index (χ3v) is 5.20. The zero-order valence-corrected chi connectivity index (χ0v) is 14.9. The minimum atomic E-state index is 0.334. The first-order valence-corrected chi connectivity index (χ1v) is 9.01. The van der Waals surface area contributed by atoms with Gasteiger partial charge in [0.2, 0.25) is 5.91 Å². The van der Waals surface area contributed by atoms with Crippen molar-refractivity contribution in [2.24, 2.45) is 5.92 Å². The summed E-state index contributed by atoms with van der Waals surface area (Å²) in [6, 6.07) is 0.422. The van der Waals surface area contributed by atoms with E-state index in [9.17, 15) is 4.79 Å². The number of amides is 1. The first-order valence-electron chi connectivity index (χ1n) is 9.01. The van der Waals surface area contributed by atoms with E-state index in [-0.39, 0.29) is 0 Å². The Morgan fingerprint density at radius 3 is 2.92 bits per heavy atom. The second-order valence-corrected chi connectivity index (χ2v) is 7.11. The van der Waals surface area contributed by atoms with E-state index in [1.165, 1.54) is 12.8 Å². The van der Waals surface area contributed by atoms with Crippen molar-refractivity contribution in [1.82, 2.24) is 24.6 Å². The first kappa shape index (κ1) is 17.4. The van der Waals surface area contributed by atoms with Gasteiger partial charge >= 0.3 is 0 Å². The molecule has 24 heavy (non-hydrogen) atoms. The fourth-order valence-corrected chi connectivity index (χ4v) is 3.40. The molecule has 1 aromatic heterocycles. The number of methoxy groups -OCH3 is 1. The van der Waals surface area contributed by atoms with Gasteiger partial charge in [-0.05, 0) is 38.6 Å². The minimum absolute atomic E-state index is 0.334. The van der Waals surface area contributed by atoms with E-state index in [0.717, 1.165) is 50.8 Å². The van der Waals surface area contributed by atoms with Crippen molar-refractivity contribution in [3.63, 3.8) is 0 Å². The molecule has 1 aliphatic carbocycles. The molecule has 0 bridgehead atoms. The maximum Gasteiger partial charge on any atom is 0.222 e. The van der Waals surface area contributed by atoms with Crippen molar-refractivity contribution in [3.8, 4) is 0 Å². The Kier molecular flexibility index (Phi) is 5.84. The van der Waals surface area contributed by atoms with Crippen LogP contribution < -0.4 is 0 Å². The highest BCUT2D eigenvalue weighted by molar-refractivity contribution is 5.76. The van der Waals surface area contributed by atoms with Crippen LogP contribution in [0.15, 0.2) is 6.33 Å². The molecule has 1 unspecified atom stereocenters. The summed E-state index contributed by atoms with van der Waals surface area (Å²) in [5.41, 5.74) is 0. The molecule has 1 aliphatic heterocycles. The highest BCUT2D eigenvalue weighted by Gasteiger charge is 2.30. The summed E-state index contributed by atoms with van der Waals surface area (Å²) >= 11 is 0. The quantitative estimate of drug-likeness (QED) is 0.713. The van der Waals surface area contributed by atoms with Crippen LogP contribution in [0, 0.1) is 5.92 Å². The Morgan fingerprint density at radius 2 is 2.17 bits per heavy atom. The molecule has 1 amide bonds. The van der Waals surface area contributed by atoms with Crippen LogP contribution in [0.2, 0.25) is 0 Å². The molecule has 7 nitrogen and oxygen atoms in total. The van der Waals surface area contributed by atoms with Crippen LogP contribution in [0.1, 0.15) is 37.9 Å². The molecule has 2 fully saturated rings. The summed E-state index contributed by atoms with van der Waals surface area (Å²) in [6.45, 7) is 4.04. The van der Waals surface area contributed by atoms with Gasteiger partial charge in [0.15, 0.2) is 0 Å². The topological polar surface area (TPSA) is 63.5 Å². The van der Waals surface area contributed by atoms with Crippen LogP contribution in [0.3, 0.4) is 0 Å². The predicted molar refractivity (Wildman–Crippen MR) is 90.3 cm³/mol. The zero-order valence-electron chi connectivity index (χ0n) is 14.9. The maximum atomic E-state index is 12.3. The number of carbonyl (C=O) groups excluding carboxylic acids is 1. The SMILES string of the molecule is COCCn1cnnc1CN(C)C1CCC(=O)N(CC2CC2)CC1. The van der Waals surface area contributed by atoms with Gasteiger partial charge in [-0.2, -0.15) is 0 Å². The number of hydrogen-bond acceptors (Lipinski definition) is 5. The third-order valence-electron chi connectivity index (χ3n) is 5.20. The fourth-order valence-electron chi connectivity index (χ4n) is 3.40. The smallest absolute Gasteiger partial charge is 0.222 e. The number of ether oxygens (including phenoxy) is 1. The van der Waals surface area contributed by atoms with Gasteiger partial charge in [-0.3, -0.25) is 9.69 Å². The third kappa shape index (κ3) is 4.54. The Morgan fingerprint density at radius 1 is 1.33 bits per heavy atom. The Labute approximate surface area is 144 Å². The summed E-state index contributed by atoms with van der Waals surface area (Å²) in [5.74, 6) is 2.06. The van der Waals surface area contributed by atoms with Crippen LogP contribution >= 0.6 is 0 Å². The van der Waals surface area contributed by atoms with E-state index in [4.69, 9.17) is 4.74 Å². The molecule has 0 radical (unpaired) electrons. The average molecular weight is 335 g/mol. The first-order chi connectivity index (χ1) is 11.7. The summed E-state index contributed by atoms with van der Waals surface area (Å²) in [6.07, 6.45) is 6.99. The molecule has 0 spiro atoms. The summed E-state index contributed by atoms with van der Waals surface area (Å²) < 4.78 is 7.18. The number of rotatable bonds is 8. The molecule has 1 saturated heterocycles. The standard InChI is InChI=1S/C17H29N5O2/c1-20(12-16-19-18-13-22(16)9-10-24-2)15-5-6-17(23)21(8-7-15)11-14-3-4-14/h13-15H,3-12H2,1-2H3. The summed E-state index contributed by atoms with van der Waals surface area (Å²) in [5, 5.41) is 8.27. The van der Waals surface area contributed by atoms with Crippen molar-refractivity contribution < 1.29 is 9.53 Å². The molecule has 134 valence electrons. The zero-order chi connectivity index (χ0) is 16.9. The Balaban J connectivity index is 1.54. The van der Waals surface area contributed by atoms with Gasteiger partial charge in [0, 0.05) is 39.2 Å². The summed E-state index contributed by atoms with van der Waals surface area (Å²) in [4.78, 5) is 16.7. The molecular weight excluding hydrogens is 306 g/mol. The highest BCUT2D eigenvalue weighted by atomic mass is 16.5. The van der Waals surface area contributed by atoms with Gasteiger partial charge in [-0.25, -0.2) is 0 Å². The largest absolute Gasteiger partial charge is 0.383 e. The number of likely N-dealkylation sites (tertiary alicyclic amines) is 1. The Bertz CT molecular complexity index is 543. The van der Waals surface area contributed by atoms with Crippen molar-refractivity contribution in [3.05, 3.63) is 12.2 Å². The lowest BCUT2D eigenvalue weighted by molar-refractivity contribution is -0.130. The normalized spacial score (nSPS) is 22.2. The minimum Gasteiger partial charge on any atom is -0.383 e. The van der Waals surface area contributed by atoms with Crippen molar-refractivity contribution in [2.75, 3.05) is 33.9 Å². The maximum absolute atomic E-state index is 12.3. The number of nitrogens with zero attached hydrogens (tertiary/aromatic N) is 5. The average Bonchev–Trinajstić information content (AvgIpc) is 3.32. The molecule has 3 rings (SSSR count). The van der Waals surface area contributed by atoms with Crippen molar-refractivity contribution >= 4 is 5.91 Å². The molecule has 1 atom stereocenters. The second kappa shape index (κ2) is 8.07. The van der Waals surface area contributed by atoms with Crippen LogP contribution in [0.25, 0.3) is 0 Å². The molecule has 1 saturated carbocycles. The van der Waals surface area contributed by atoms with Crippen molar-refractivity contribution in [1.29, 1.82) is 0 Å². The van der Waals surface area contributed by atoms with E-state index in [0.29, 0.717) is 25.0 Å². The van der Waals surface area contributed by atoms with Gasteiger partial charge in [-0.15, -0.1) is 10.2 Å². The van der Waals surface area contributed by atoms with E-state index in [1.807, 2.05) is 4.57 Å². The second-order valence-electron chi connectivity index (χ2n) is 7.11. The lowest BCUT2D eigenvalue weighted by atomic mass is 10.1. The highest BCUT2D eigenvalue weighted by Crippen LogP contribution is 2.31. The molecule has 0 N–H and O–H groups in total. The van der Waals surface area contributed by atoms with E-state index in [2.05, 4.69) is 27.0 Å². The predicted octanol–water partition coefficient (Wildman–Crippen LogP) is 1.15. The molecule has 0 aromatic carbocycles. The van der Waals surface area contributed by atoms with Gasteiger partial charge < -0.3 is 14.2 Å². The van der Waals surface area contributed by atoms with Crippen LogP contribution in [-0.2, 0) is 22.6 Å². The lowest BCUT2D eigenvalue weighted by Gasteiger charge is -2.27. The molecule has 1 aromatic rings. The van der Waals surface area contributed by atoms with Crippen LogP contribution in [0.5, 0.6) is 0 Å². The Hall–Kier alpha value is -1.47. The number of hydrogen-bond donors (Lipinski definition) is 0. The monoisotopic (exact) mass is 335 g/mol. The van der Waals surface area contributed by atoms with Gasteiger partial charge in [0.25, 0.3) is 0 Å². The fraction of sp³-hybridized carbons (Fsp3) is 0.824. The van der Waals surface area contributed by atoms with Crippen molar-refractivity contribution in [2.45, 2.75) is 51.2 Å². The van der Waals surface area contributed by atoms with Crippen LogP contribution in [-0.4, -0.2) is 70.4 Å². The lowest BCUT2D eigenvalue weighted by Crippen LogP contribution is -2.34. The molecule has 2 heterocycles. The van der Waals surface area contributed by atoms with Crippen LogP contribution in [0.4, 0.5) is 0 Å². The molecule has 2 aliphatic rings. The van der Waals surface area contributed by atoms with E-state index in [1.54, 1.807) is 13.4 Å².